The van der Waals surface area contributed by atoms with Crippen LogP contribution in [0.2, 0.25) is 0 Å². The lowest BCUT2D eigenvalue weighted by atomic mass is 9.47. The molecule has 1 aliphatic carbocycles. The van der Waals surface area contributed by atoms with Crippen LogP contribution in [0, 0.1) is 17.8 Å². The van der Waals surface area contributed by atoms with Gasteiger partial charge in [-0.2, -0.15) is 0 Å². The molecule has 2 N–H and O–H groups in total. The summed E-state index contributed by atoms with van der Waals surface area (Å²) in [6, 6.07) is 28.9. The fourth-order valence-corrected chi connectivity index (χ4v) is 7.88. The second-order valence-corrected chi connectivity index (χ2v) is 10.4. The average molecular weight is 450 g/mol. The van der Waals surface area contributed by atoms with Gasteiger partial charge < -0.3 is 15.5 Å². The molecule has 5 unspecified atom stereocenters. The van der Waals surface area contributed by atoms with Crippen molar-refractivity contribution in [3.8, 4) is 0 Å². The van der Waals surface area contributed by atoms with Gasteiger partial charge in [-0.25, -0.2) is 0 Å². The van der Waals surface area contributed by atoms with Gasteiger partial charge in [-0.15, -0.1) is 0 Å². The van der Waals surface area contributed by atoms with E-state index in [0.29, 0.717) is 17.7 Å². The largest absolute Gasteiger partial charge is 0.338 e. The maximum atomic E-state index is 13.8. The Morgan fingerprint density at radius 1 is 0.735 bits per heavy atom. The zero-order valence-corrected chi connectivity index (χ0v) is 19.4. The van der Waals surface area contributed by atoms with Crippen molar-refractivity contribution >= 4 is 17.2 Å². The number of nitrogens with one attached hydrogen (secondary N) is 2. The second-order valence-electron chi connectivity index (χ2n) is 10.4. The summed E-state index contributed by atoms with van der Waals surface area (Å²) in [5.41, 5.74) is 5.98. The van der Waals surface area contributed by atoms with Gasteiger partial charge in [0.2, 0.25) is 0 Å². The smallest absolute Gasteiger partial charge is 0.166 e. The lowest BCUT2D eigenvalue weighted by Gasteiger charge is -2.62. The summed E-state index contributed by atoms with van der Waals surface area (Å²) in [6.45, 7) is 3.81. The van der Waals surface area contributed by atoms with Crippen LogP contribution in [0.15, 0.2) is 78.9 Å². The predicted molar refractivity (Wildman–Crippen MR) is 136 cm³/mol. The van der Waals surface area contributed by atoms with Crippen molar-refractivity contribution in [2.45, 2.75) is 24.3 Å². The SMILES string of the molecule is O=C1c2ccccc2C2(c3ccccc3N(c3ccccc3)C3CCNCC32)C2CNCCC12. The van der Waals surface area contributed by atoms with E-state index in [9.17, 15) is 4.79 Å². The topological polar surface area (TPSA) is 44.4 Å². The lowest BCUT2D eigenvalue weighted by molar-refractivity contribution is 0.0529. The van der Waals surface area contributed by atoms with E-state index in [4.69, 9.17) is 0 Å². The Bertz CT molecular complexity index is 1240. The van der Waals surface area contributed by atoms with Crippen molar-refractivity contribution < 1.29 is 4.79 Å². The number of hydrogen-bond acceptors (Lipinski definition) is 4. The minimum absolute atomic E-state index is 0.0788. The average Bonchev–Trinajstić information content (AvgIpc) is 2.91. The molecule has 4 aliphatic rings. The molecule has 34 heavy (non-hydrogen) atoms. The molecule has 0 amide bonds. The third-order valence-electron chi connectivity index (χ3n) is 9.05. The van der Waals surface area contributed by atoms with E-state index in [-0.39, 0.29) is 17.3 Å². The third-order valence-corrected chi connectivity index (χ3v) is 9.05. The maximum Gasteiger partial charge on any atom is 0.166 e. The quantitative estimate of drug-likeness (QED) is 0.573. The third kappa shape index (κ3) is 2.64. The summed E-state index contributed by atoms with van der Waals surface area (Å²) in [7, 11) is 0. The van der Waals surface area contributed by atoms with Crippen LogP contribution in [0.25, 0.3) is 0 Å². The molecule has 0 saturated carbocycles. The number of rotatable bonds is 1. The molecule has 0 radical (unpaired) electrons. The highest BCUT2D eigenvalue weighted by molar-refractivity contribution is 6.02. The Kier molecular flexibility index (Phi) is 4.68. The van der Waals surface area contributed by atoms with Crippen LogP contribution in [0.1, 0.15) is 34.3 Å². The van der Waals surface area contributed by atoms with E-state index in [2.05, 4.69) is 88.3 Å². The molecule has 5 atom stereocenters. The molecule has 1 spiro atoms. The molecule has 4 heteroatoms. The van der Waals surface area contributed by atoms with Crippen LogP contribution in [0.3, 0.4) is 0 Å². The zero-order chi connectivity index (χ0) is 22.7. The van der Waals surface area contributed by atoms with Crippen LogP contribution in [0.4, 0.5) is 11.4 Å². The number of ketones is 1. The van der Waals surface area contributed by atoms with Gasteiger partial charge in [-0.1, -0.05) is 60.7 Å². The highest BCUT2D eigenvalue weighted by atomic mass is 16.1. The van der Waals surface area contributed by atoms with Gasteiger partial charge in [-0.05, 0) is 67.7 Å². The first-order chi connectivity index (χ1) is 16.8. The van der Waals surface area contributed by atoms with Crippen LogP contribution < -0.4 is 15.5 Å². The molecule has 2 saturated heterocycles. The van der Waals surface area contributed by atoms with Gasteiger partial charge in [0.1, 0.15) is 0 Å². The van der Waals surface area contributed by atoms with Crippen LogP contribution in [-0.2, 0) is 5.41 Å². The highest BCUT2D eigenvalue weighted by Gasteiger charge is 2.62. The maximum absolute atomic E-state index is 13.8. The molecule has 3 heterocycles. The molecule has 4 nitrogen and oxygen atoms in total. The normalized spacial score (nSPS) is 31.9. The van der Waals surface area contributed by atoms with Crippen molar-refractivity contribution in [1.82, 2.24) is 10.6 Å². The molecular formula is C30H31N3O. The van der Waals surface area contributed by atoms with E-state index in [1.807, 2.05) is 6.07 Å². The molecule has 3 aromatic carbocycles. The summed E-state index contributed by atoms with van der Waals surface area (Å²) in [4.78, 5) is 16.4. The van der Waals surface area contributed by atoms with Crippen LogP contribution in [-0.4, -0.2) is 38.0 Å². The minimum atomic E-state index is -0.192. The number of para-hydroxylation sites is 2. The molecule has 172 valence electrons. The molecule has 3 aliphatic heterocycles. The Morgan fingerprint density at radius 2 is 1.41 bits per heavy atom. The summed E-state index contributed by atoms with van der Waals surface area (Å²) >= 11 is 0. The predicted octanol–water partition coefficient (Wildman–Crippen LogP) is 4.52. The number of carbonyl (C=O) groups excluding carboxylic acids is 1. The standard InChI is InChI=1S/C30H31N3O/c34-29-21-10-4-5-11-23(21)30(25-18-31-16-14-22(25)29)24-12-6-7-13-27(24)33(20-8-2-1-3-9-20)28-15-17-32-19-26(28)30/h1-13,22,25-26,28,31-32H,14-19H2. The number of Topliss-reactive ketones (excluding diaryl/α,β-unsaturated/α-hetero) is 1. The lowest BCUT2D eigenvalue weighted by Crippen LogP contribution is -2.67. The van der Waals surface area contributed by atoms with Gasteiger partial charge in [0.15, 0.2) is 5.78 Å². The number of piperidine rings is 2. The van der Waals surface area contributed by atoms with E-state index < -0.39 is 0 Å². The van der Waals surface area contributed by atoms with Crippen molar-refractivity contribution in [1.29, 1.82) is 0 Å². The number of carbonyl (C=O) groups is 1. The fourth-order valence-electron chi connectivity index (χ4n) is 7.88. The Morgan fingerprint density at radius 3 is 2.26 bits per heavy atom. The van der Waals surface area contributed by atoms with E-state index in [1.54, 1.807) is 0 Å². The van der Waals surface area contributed by atoms with Gasteiger partial charge in [0, 0.05) is 46.8 Å². The summed E-state index contributed by atoms with van der Waals surface area (Å²) in [5, 5.41) is 7.45. The van der Waals surface area contributed by atoms with Crippen LogP contribution in [0.5, 0.6) is 0 Å². The molecule has 2 fully saturated rings. The van der Waals surface area contributed by atoms with Gasteiger partial charge in [-0.3, -0.25) is 4.79 Å². The van der Waals surface area contributed by atoms with Crippen LogP contribution >= 0.6 is 0 Å². The second kappa shape index (κ2) is 7.79. The summed E-state index contributed by atoms with van der Waals surface area (Å²) in [5.74, 6) is 1.07. The van der Waals surface area contributed by atoms with Gasteiger partial charge in [0.25, 0.3) is 0 Å². The van der Waals surface area contributed by atoms with Crippen molar-refractivity contribution in [3.05, 3.63) is 95.6 Å². The van der Waals surface area contributed by atoms with E-state index in [0.717, 1.165) is 44.6 Å². The van der Waals surface area contributed by atoms with Gasteiger partial charge >= 0.3 is 0 Å². The van der Waals surface area contributed by atoms with Gasteiger partial charge in [0.05, 0.1) is 0 Å². The van der Waals surface area contributed by atoms with E-state index in [1.165, 1.54) is 22.5 Å². The fraction of sp³-hybridized carbons (Fsp3) is 0.367. The number of nitrogens with zero attached hydrogens (tertiary/aromatic N) is 1. The number of fused-ring (bicyclic) bond motifs is 8. The molecule has 0 bridgehead atoms. The monoisotopic (exact) mass is 449 g/mol. The number of anilines is 2. The Hall–Kier alpha value is -2.95. The van der Waals surface area contributed by atoms with Crippen molar-refractivity contribution in [2.75, 3.05) is 31.1 Å². The first kappa shape index (κ1) is 20.4. The van der Waals surface area contributed by atoms with Crippen molar-refractivity contribution in [3.63, 3.8) is 0 Å². The number of benzene rings is 3. The molecule has 3 aromatic rings. The minimum Gasteiger partial charge on any atom is -0.338 e. The molecule has 7 rings (SSSR count). The Balaban J connectivity index is 1.57. The first-order valence-electron chi connectivity index (χ1n) is 12.8. The van der Waals surface area contributed by atoms with Crippen molar-refractivity contribution in [2.24, 2.45) is 17.8 Å². The molecule has 0 aromatic heterocycles. The summed E-state index contributed by atoms with van der Waals surface area (Å²) in [6.07, 6.45) is 2.02. The Labute approximate surface area is 201 Å². The summed E-state index contributed by atoms with van der Waals surface area (Å²) < 4.78 is 0. The number of hydrogen-bond donors (Lipinski definition) is 2. The first-order valence-corrected chi connectivity index (χ1v) is 12.8. The zero-order valence-electron chi connectivity index (χ0n) is 19.4. The highest BCUT2D eigenvalue weighted by Crippen LogP contribution is 2.61. The molecular weight excluding hydrogens is 418 g/mol. The van der Waals surface area contributed by atoms with E-state index >= 15 is 0 Å².